The number of benzene rings is 2. The molecule has 0 spiro atoms. The Labute approximate surface area is 226 Å². The van der Waals surface area contributed by atoms with Crippen molar-refractivity contribution >= 4 is 55.9 Å². The molecule has 0 saturated heterocycles. The van der Waals surface area contributed by atoms with Crippen molar-refractivity contribution in [2.75, 3.05) is 10.6 Å². The van der Waals surface area contributed by atoms with E-state index in [1.165, 1.54) is 17.4 Å². The summed E-state index contributed by atoms with van der Waals surface area (Å²) in [4.78, 5) is 34.2. The van der Waals surface area contributed by atoms with Crippen LogP contribution in [-0.2, 0) is 10.2 Å². The van der Waals surface area contributed by atoms with Crippen molar-refractivity contribution in [1.29, 1.82) is 5.26 Å². The van der Waals surface area contributed by atoms with Gasteiger partial charge in [-0.2, -0.15) is 5.26 Å². The zero-order chi connectivity index (χ0) is 27.0. The minimum atomic E-state index is -0.793. The van der Waals surface area contributed by atoms with Crippen LogP contribution in [-0.4, -0.2) is 21.8 Å². The van der Waals surface area contributed by atoms with E-state index in [0.717, 1.165) is 18.9 Å². The van der Waals surface area contributed by atoms with E-state index in [0.29, 0.717) is 21.0 Å². The fraction of sp³-hybridized carbons (Fsp3) is 0.222. The van der Waals surface area contributed by atoms with Crippen LogP contribution >= 0.6 is 22.9 Å². The third-order valence-corrected chi connectivity index (χ3v) is 7.19. The molecule has 38 heavy (non-hydrogen) atoms. The Balaban J connectivity index is 1.35. The lowest BCUT2D eigenvalue weighted by atomic mass is 9.85. The Bertz CT molecular complexity index is 1630. The highest BCUT2D eigenvalue weighted by atomic mass is 35.5. The molecule has 1 saturated carbocycles. The van der Waals surface area contributed by atoms with Gasteiger partial charge in [0.25, 0.3) is 5.91 Å². The number of amides is 2. The van der Waals surface area contributed by atoms with Gasteiger partial charge in [0.2, 0.25) is 11.8 Å². The fourth-order valence-electron chi connectivity index (χ4n) is 3.59. The molecule has 2 heterocycles. The quantitative estimate of drug-likeness (QED) is 0.265. The van der Waals surface area contributed by atoms with Gasteiger partial charge in [-0.25, -0.2) is 14.4 Å². The molecule has 2 aromatic carbocycles. The first kappa shape index (κ1) is 25.6. The molecule has 8 nitrogen and oxygen atoms in total. The second-order valence-corrected chi connectivity index (χ2v) is 10.8. The summed E-state index contributed by atoms with van der Waals surface area (Å²) >= 11 is 7.43. The van der Waals surface area contributed by atoms with Crippen LogP contribution in [0.4, 0.5) is 15.2 Å². The van der Waals surface area contributed by atoms with Crippen molar-refractivity contribution in [1.82, 2.24) is 9.97 Å². The van der Waals surface area contributed by atoms with Gasteiger partial charge in [-0.15, -0.1) is 0 Å². The van der Waals surface area contributed by atoms with Gasteiger partial charge in [0.15, 0.2) is 5.13 Å². The van der Waals surface area contributed by atoms with Crippen LogP contribution in [0, 0.1) is 23.1 Å². The van der Waals surface area contributed by atoms with Gasteiger partial charge in [0, 0.05) is 23.6 Å². The van der Waals surface area contributed by atoms with Crippen molar-refractivity contribution in [2.24, 2.45) is 5.92 Å². The first-order valence-electron chi connectivity index (χ1n) is 11.7. The molecule has 192 valence electrons. The number of halogens is 2. The summed E-state index contributed by atoms with van der Waals surface area (Å²) in [5, 5.41) is 15.2. The summed E-state index contributed by atoms with van der Waals surface area (Å²) in [6, 6.07) is 14.4. The number of hydrogen-bond donors (Lipinski definition) is 2. The zero-order valence-corrected chi connectivity index (χ0v) is 21.9. The molecule has 0 aliphatic heterocycles. The number of pyridine rings is 1. The third kappa shape index (κ3) is 5.44. The predicted octanol–water partition coefficient (Wildman–Crippen LogP) is 6.68. The van der Waals surface area contributed by atoms with E-state index in [2.05, 4.69) is 26.7 Å². The number of nitriles is 1. The second-order valence-electron chi connectivity index (χ2n) is 9.39. The average molecular weight is 550 g/mol. The topological polar surface area (TPSA) is 117 Å². The number of rotatable bonds is 7. The normalized spacial score (nSPS) is 13.1. The lowest BCUT2D eigenvalue weighted by Crippen LogP contribution is -2.17. The summed E-state index contributed by atoms with van der Waals surface area (Å²) < 4.78 is 20.5. The Morgan fingerprint density at radius 3 is 2.68 bits per heavy atom. The largest absolute Gasteiger partial charge is 0.437 e. The number of carbonyl (C=O) groups excluding carboxylic acids is 2. The zero-order valence-electron chi connectivity index (χ0n) is 20.3. The van der Waals surface area contributed by atoms with Gasteiger partial charge in [-0.1, -0.05) is 35.1 Å². The van der Waals surface area contributed by atoms with Gasteiger partial charge in [-0.05, 0) is 56.5 Å². The van der Waals surface area contributed by atoms with Crippen LogP contribution in [0.2, 0.25) is 5.02 Å². The molecule has 1 aliphatic carbocycles. The summed E-state index contributed by atoms with van der Waals surface area (Å²) in [7, 11) is 0. The molecule has 2 aromatic heterocycles. The van der Waals surface area contributed by atoms with Crippen molar-refractivity contribution in [3.63, 3.8) is 0 Å². The number of nitrogens with one attached hydrogen (secondary N) is 2. The lowest BCUT2D eigenvalue weighted by molar-refractivity contribution is -0.117. The number of ether oxygens (including phenoxy) is 1. The molecule has 2 N–H and O–H groups in total. The highest BCUT2D eigenvalue weighted by Gasteiger charge is 2.30. The van der Waals surface area contributed by atoms with Gasteiger partial charge in [-0.3, -0.25) is 9.59 Å². The Hall–Kier alpha value is -4.07. The molecular weight excluding hydrogens is 529 g/mol. The van der Waals surface area contributed by atoms with E-state index in [4.69, 9.17) is 16.3 Å². The highest BCUT2D eigenvalue weighted by molar-refractivity contribution is 7.21. The molecule has 4 aromatic rings. The third-order valence-electron chi connectivity index (χ3n) is 6.02. The summed E-state index contributed by atoms with van der Waals surface area (Å²) in [6.07, 6.45) is 1.78. The number of aromatic nitrogens is 2. The molecular formula is C27H21ClFN5O3S. The molecule has 0 radical (unpaired) electrons. The number of thiazole rings is 1. The number of anilines is 2. The second kappa shape index (κ2) is 10.0. The minimum Gasteiger partial charge on any atom is -0.437 e. The van der Waals surface area contributed by atoms with E-state index >= 15 is 0 Å². The van der Waals surface area contributed by atoms with Crippen LogP contribution in [0.15, 0.2) is 48.5 Å². The number of hydrogen-bond acceptors (Lipinski definition) is 7. The molecule has 11 heteroatoms. The molecule has 1 aliphatic rings. The first-order valence-corrected chi connectivity index (χ1v) is 12.9. The average Bonchev–Trinajstić information content (AvgIpc) is 3.67. The maximum Gasteiger partial charge on any atom is 0.255 e. The van der Waals surface area contributed by atoms with Gasteiger partial charge in [0.1, 0.15) is 21.9 Å². The van der Waals surface area contributed by atoms with Gasteiger partial charge < -0.3 is 15.4 Å². The van der Waals surface area contributed by atoms with Crippen LogP contribution in [0.5, 0.6) is 11.6 Å². The van der Waals surface area contributed by atoms with Crippen LogP contribution in [0.3, 0.4) is 0 Å². The SMILES string of the molecule is CC(C)(C#N)c1cccc(C(=O)Nc2cc(Oc3ccc4nc(NC(=O)C5CC5)sc4n3)c(Cl)cc2F)c1. The Kier molecular flexibility index (Phi) is 6.73. The number of nitrogens with zero attached hydrogens (tertiary/aromatic N) is 3. The summed E-state index contributed by atoms with van der Waals surface area (Å²) in [5.74, 6) is -1.03. The van der Waals surface area contributed by atoms with Crippen molar-refractivity contribution in [3.05, 3.63) is 70.5 Å². The molecule has 0 atom stereocenters. The van der Waals surface area contributed by atoms with Gasteiger partial charge in [0.05, 0.1) is 22.2 Å². The van der Waals surface area contributed by atoms with E-state index in [9.17, 15) is 19.2 Å². The summed E-state index contributed by atoms with van der Waals surface area (Å²) in [6.45, 7) is 3.49. The first-order chi connectivity index (χ1) is 18.1. The summed E-state index contributed by atoms with van der Waals surface area (Å²) in [5.41, 5.74) is 0.591. The van der Waals surface area contributed by atoms with Crippen LogP contribution < -0.4 is 15.4 Å². The maximum atomic E-state index is 14.7. The highest BCUT2D eigenvalue weighted by Crippen LogP contribution is 2.36. The van der Waals surface area contributed by atoms with E-state index < -0.39 is 17.1 Å². The maximum absolute atomic E-state index is 14.7. The molecule has 0 bridgehead atoms. The van der Waals surface area contributed by atoms with Crippen molar-refractivity contribution in [3.8, 4) is 17.7 Å². The van der Waals surface area contributed by atoms with E-state index in [1.807, 2.05) is 0 Å². The van der Waals surface area contributed by atoms with Crippen molar-refractivity contribution in [2.45, 2.75) is 32.1 Å². The Morgan fingerprint density at radius 1 is 1.16 bits per heavy atom. The molecule has 0 unspecified atom stereocenters. The van der Waals surface area contributed by atoms with Crippen molar-refractivity contribution < 1.29 is 18.7 Å². The van der Waals surface area contributed by atoms with Crippen LogP contribution in [0.1, 0.15) is 42.6 Å². The predicted molar refractivity (Wildman–Crippen MR) is 143 cm³/mol. The minimum absolute atomic E-state index is 0.0122. The molecule has 5 rings (SSSR count). The van der Waals surface area contributed by atoms with Gasteiger partial charge >= 0.3 is 0 Å². The molecule has 1 fully saturated rings. The smallest absolute Gasteiger partial charge is 0.255 e. The number of fused-ring (bicyclic) bond motifs is 1. The monoisotopic (exact) mass is 549 g/mol. The van der Waals surface area contributed by atoms with E-state index in [1.54, 1.807) is 50.2 Å². The lowest BCUT2D eigenvalue weighted by Gasteiger charge is -2.17. The van der Waals surface area contributed by atoms with E-state index in [-0.39, 0.29) is 39.7 Å². The fourth-order valence-corrected chi connectivity index (χ4v) is 4.61. The molecule has 2 amide bonds. The van der Waals surface area contributed by atoms with Crippen LogP contribution in [0.25, 0.3) is 10.3 Å². The Morgan fingerprint density at radius 2 is 1.95 bits per heavy atom. The standard InChI is InChI=1S/C27H21ClFN5O3S/c1-27(2,13-30)16-5-3-4-15(10-16)24(36)31-20-12-21(17(28)11-18(20)29)37-22-9-8-19-25(33-22)38-26(32-19)34-23(35)14-6-7-14/h3-5,8-12,14H,6-7H2,1-2H3,(H,31,36)(H,32,34,35). The number of carbonyl (C=O) groups is 2.